The molecule has 1 aromatic rings. The molecule has 5 heteroatoms. The van der Waals surface area contributed by atoms with Gasteiger partial charge in [0, 0.05) is 29.5 Å². The van der Waals surface area contributed by atoms with Crippen LogP contribution >= 0.6 is 28.1 Å². The molecule has 0 saturated carbocycles. The number of hydrogen-bond donors (Lipinski definition) is 1. The number of halogens is 2. The SMILES string of the molecule is CN(CCC(N)=S)Cc1ccc(Br)cc1F. The molecule has 0 aliphatic carbocycles. The van der Waals surface area contributed by atoms with Crippen LogP contribution in [-0.4, -0.2) is 23.5 Å². The van der Waals surface area contributed by atoms with Crippen LogP contribution < -0.4 is 5.73 Å². The molecule has 0 amide bonds. The second-order valence-corrected chi connectivity index (χ2v) is 5.13. The van der Waals surface area contributed by atoms with Crippen LogP contribution in [0.5, 0.6) is 0 Å². The third kappa shape index (κ3) is 4.55. The van der Waals surface area contributed by atoms with Crippen LogP contribution in [0, 0.1) is 5.82 Å². The quantitative estimate of drug-likeness (QED) is 0.848. The molecule has 0 heterocycles. The Bertz CT molecular complexity index is 384. The van der Waals surface area contributed by atoms with E-state index in [0.29, 0.717) is 23.5 Å². The Kier molecular flexibility index (Phi) is 5.31. The number of nitrogens with zero attached hydrogens (tertiary/aromatic N) is 1. The average Bonchev–Trinajstić information content (AvgIpc) is 2.19. The molecule has 88 valence electrons. The van der Waals surface area contributed by atoms with Gasteiger partial charge in [-0.3, -0.25) is 0 Å². The minimum Gasteiger partial charge on any atom is -0.393 e. The molecule has 1 rings (SSSR count). The molecule has 0 aliphatic heterocycles. The Hall–Kier alpha value is -0.520. The van der Waals surface area contributed by atoms with Crippen molar-refractivity contribution in [3.05, 3.63) is 34.1 Å². The largest absolute Gasteiger partial charge is 0.393 e. The summed E-state index contributed by atoms with van der Waals surface area (Å²) >= 11 is 8.02. The first kappa shape index (κ1) is 13.5. The van der Waals surface area contributed by atoms with Gasteiger partial charge >= 0.3 is 0 Å². The summed E-state index contributed by atoms with van der Waals surface area (Å²) in [4.78, 5) is 2.48. The summed E-state index contributed by atoms with van der Waals surface area (Å²) in [5.41, 5.74) is 6.08. The molecule has 0 aromatic heterocycles. The third-order valence-corrected chi connectivity index (χ3v) is 2.89. The number of hydrogen-bond acceptors (Lipinski definition) is 2. The zero-order valence-corrected chi connectivity index (χ0v) is 11.4. The van der Waals surface area contributed by atoms with Crippen molar-refractivity contribution in [3.8, 4) is 0 Å². The first-order chi connectivity index (χ1) is 7.49. The van der Waals surface area contributed by atoms with Gasteiger partial charge in [0.2, 0.25) is 0 Å². The molecule has 1 aromatic carbocycles. The summed E-state index contributed by atoms with van der Waals surface area (Å²) in [5, 5.41) is 0. The Balaban J connectivity index is 2.55. The number of nitrogens with two attached hydrogens (primary N) is 1. The van der Waals surface area contributed by atoms with Gasteiger partial charge in [0.25, 0.3) is 0 Å². The van der Waals surface area contributed by atoms with Crippen LogP contribution in [0.2, 0.25) is 0 Å². The summed E-state index contributed by atoms with van der Waals surface area (Å²) in [5.74, 6) is -0.198. The molecule has 0 radical (unpaired) electrons. The normalized spacial score (nSPS) is 10.8. The van der Waals surface area contributed by atoms with Crippen LogP contribution in [0.4, 0.5) is 4.39 Å². The maximum atomic E-state index is 13.5. The average molecular weight is 305 g/mol. The molecule has 0 unspecified atom stereocenters. The predicted octanol–water partition coefficient (Wildman–Crippen LogP) is 2.70. The van der Waals surface area contributed by atoms with Crippen LogP contribution in [0.1, 0.15) is 12.0 Å². The summed E-state index contributed by atoms with van der Waals surface area (Å²) in [6, 6.07) is 5.08. The highest BCUT2D eigenvalue weighted by atomic mass is 79.9. The Morgan fingerprint density at radius 3 is 2.81 bits per heavy atom. The standard InChI is InChI=1S/C11H14BrFN2S/c1-15(5-4-11(14)16)7-8-2-3-9(12)6-10(8)13/h2-3,6H,4-5,7H2,1H3,(H2,14,16). The molecule has 0 spiro atoms. The van der Waals surface area contributed by atoms with Gasteiger partial charge in [-0.15, -0.1) is 0 Å². The maximum Gasteiger partial charge on any atom is 0.128 e. The van der Waals surface area contributed by atoms with Gasteiger partial charge < -0.3 is 10.6 Å². The van der Waals surface area contributed by atoms with Crippen molar-refractivity contribution in [1.29, 1.82) is 0 Å². The van der Waals surface area contributed by atoms with E-state index >= 15 is 0 Å². The number of thiocarbonyl (C=S) groups is 1. The molecule has 2 N–H and O–H groups in total. The smallest absolute Gasteiger partial charge is 0.128 e. The lowest BCUT2D eigenvalue weighted by Gasteiger charge is -2.16. The molecule has 16 heavy (non-hydrogen) atoms. The van der Waals surface area contributed by atoms with Crippen LogP contribution in [0.3, 0.4) is 0 Å². The van der Waals surface area contributed by atoms with Crippen molar-refractivity contribution < 1.29 is 4.39 Å². The van der Waals surface area contributed by atoms with Crippen molar-refractivity contribution in [2.45, 2.75) is 13.0 Å². The Morgan fingerprint density at radius 2 is 2.25 bits per heavy atom. The molecule has 2 nitrogen and oxygen atoms in total. The van der Waals surface area contributed by atoms with E-state index in [2.05, 4.69) is 15.9 Å². The molecule has 0 aliphatic rings. The van der Waals surface area contributed by atoms with Crippen molar-refractivity contribution in [3.63, 3.8) is 0 Å². The highest BCUT2D eigenvalue weighted by Crippen LogP contribution is 2.16. The lowest BCUT2D eigenvalue weighted by atomic mass is 10.2. The van der Waals surface area contributed by atoms with E-state index in [9.17, 15) is 4.39 Å². The van der Waals surface area contributed by atoms with E-state index in [-0.39, 0.29) is 5.82 Å². The zero-order valence-electron chi connectivity index (χ0n) is 9.04. The van der Waals surface area contributed by atoms with E-state index in [1.165, 1.54) is 6.07 Å². The van der Waals surface area contributed by atoms with Gasteiger partial charge in [-0.2, -0.15) is 0 Å². The lowest BCUT2D eigenvalue weighted by Crippen LogP contribution is -2.23. The fourth-order valence-electron chi connectivity index (χ4n) is 1.32. The summed E-state index contributed by atoms with van der Waals surface area (Å²) in [6.45, 7) is 1.30. The van der Waals surface area contributed by atoms with Crippen LogP contribution in [0.25, 0.3) is 0 Å². The van der Waals surface area contributed by atoms with Crippen molar-refractivity contribution in [1.82, 2.24) is 4.90 Å². The van der Waals surface area contributed by atoms with E-state index in [1.807, 2.05) is 18.0 Å². The fourth-order valence-corrected chi connectivity index (χ4v) is 1.75. The molecular formula is C11H14BrFN2S. The highest BCUT2D eigenvalue weighted by Gasteiger charge is 2.06. The van der Waals surface area contributed by atoms with Gasteiger partial charge in [-0.05, 0) is 19.2 Å². The van der Waals surface area contributed by atoms with Crippen molar-refractivity contribution >= 4 is 33.1 Å². The monoisotopic (exact) mass is 304 g/mol. The first-order valence-electron chi connectivity index (χ1n) is 4.90. The highest BCUT2D eigenvalue weighted by molar-refractivity contribution is 9.10. The zero-order chi connectivity index (χ0) is 12.1. The van der Waals surface area contributed by atoms with Crippen molar-refractivity contribution in [2.24, 2.45) is 5.73 Å². The fraction of sp³-hybridized carbons (Fsp3) is 0.364. The maximum absolute atomic E-state index is 13.5. The van der Waals surface area contributed by atoms with E-state index < -0.39 is 0 Å². The minimum absolute atomic E-state index is 0.198. The van der Waals surface area contributed by atoms with Crippen LogP contribution in [0.15, 0.2) is 22.7 Å². The molecule has 0 fully saturated rings. The minimum atomic E-state index is -0.198. The van der Waals surface area contributed by atoms with E-state index in [1.54, 1.807) is 6.07 Å². The lowest BCUT2D eigenvalue weighted by molar-refractivity contribution is 0.331. The second kappa shape index (κ2) is 6.27. The summed E-state index contributed by atoms with van der Waals surface area (Å²) in [7, 11) is 1.92. The summed E-state index contributed by atoms with van der Waals surface area (Å²) in [6.07, 6.45) is 0.657. The van der Waals surface area contributed by atoms with Gasteiger partial charge in [-0.25, -0.2) is 4.39 Å². The predicted molar refractivity (Wildman–Crippen MR) is 71.8 cm³/mol. The van der Waals surface area contributed by atoms with Gasteiger partial charge in [-0.1, -0.05) is 34.2 Å². The van der Waals surface area contributed by atoms with E-state index in [0.717, 1.165) is 11.0 Å². The van der Waals surface area contributed by atoms with Gasteiger partial charge in [0.05, 0.1) is 4.99 Å². The van der Waals surface area contributed by atoms with Crippen molar-refractivity contribution in [2.75, 3.05) is 13.6 Å². The van der Waals surface area contributed by atoms with Gasteiger partial charge in [0.15, 0.2) is 0 Å². The van der Waals surface area contributed by atoms with Crippen LogP contribution in [-0.2, 0) is 6.54 Å². The molecule has 0 saturated heterocycles. The number of benzene rings is 1. The Morgan fingerprint density at radius 1 is 1.56 bits per heavy atom. The molecule has 0 atom stereocenters. The first-order valence-corrected chi connectivity index (χ1v) is 6.10. The van der Waals surface area contributed by atoms with Gasteiger partial charge in [0.1, 0.15) is 5.82 Å². The Labute approximate surface area is 109 Å². The second-order valence-electron chi connectivity index (χ2n) is 3.69. The van der Waals surface area contributed by atoms with E-state index in [4.69, 9.17) is 18.0 Å². The molecular weight excluding hydrogens is 291 g/mol. The molecule has 0 bridgehead atoms. The topological polar surface area (TPSA) is 29.3 Å². The number of rotatable bonds is 5. The summed E-state index contributed by atoms with van der Waals surface area (Å²) < 4.78 is 14.3. The third-order valence-electron chi connectivity index (χ3n) is 2.20.